The van der Waals surface area contributed by atoms with Gasteiger partial charge in [-0.25, -0.2) is 17.6 Å². The molecule has 0 aliphatic heterocycles. The van der Waals surface area contributed by atoms with Crippen LogP contribution in [0.15, 0.2) is 43.2 Å². The third-order valence-electron chi connectivity index (χ3n) is 7.12. The minimum Gasteiger partial charge on any atom is -0.405 e. The summed E-state index contributed by atoms with van der Waals surface area (Å²) in [6.45, 7) is 5.28. The van der Waals surface area contributed by atoms with Crippen LogP contribution < -0.4 is 5.73 Å². The van der Waals surface area contributed by atoms with Crippen LogP contribution in [0.25, 0.3) is 11.1 Å². The minimum atomic E-state index is -2.61. The predicted octanol–water partition coefficient (Wildman–Crippen LogP) is 8.02. The van der Waals surface area contributed by atoms with Crippen LogP contribution in [-0.2, 0) is 5.41 Å². The Morgan fingerprint density at radius 3 is 2.30 bits per heavy atom. The average Bonchev–Trinajstić information content (AvgIpc) is 3.25. The fourth-order valence-corrected chi connectivity index (χ4v) is 5.74. The first-order valence-electron chi connectivity index (χ1n) is 11.9. The Labute approximate surface area is 194 Å². The molecule has 2 aromatic rings. The molecule has 2 nitrogen and oxygen atoms in total. The number of alkyl halides is 2. The van der Waals surface area contributed by atoms with E-state index in [-0.39, 0.29) is 29.7 Å². The van der Waals surface area contributed by atoms with Gasteiger partial charge in [-0.1, -0.05) is 32.8 Å². The number of aromatic nitrogens is 1. The van der Waals surface area contributed by atoms with Crippen molar-refractivity contribution in [2.45, 2.75) is 88.4 Å². The van der Waals surface area contributed by atoms with Crippen LogP contribution >= 0.6 is 0 Å². The normalized spacial score (nSPS) is 19.5. The number of halogens is 4. The second-order valence-corrected chi connectivity index (χ2v) is 9.35. The van der Waals surface area contributed by atoms with E-state index in [1.54, 1.807) is 12.3 Å². The smallest absolute Gasteiger partial charge is 0.248 e. The summed E-state index contributed by atoms with van der Waals surface area (Å²) in [6, 6.07) is 5.32. The van der Waals surface area contributed by atoms with Crippen molar-refractivity contribution in [1.82, 2.24) is 4.98 Å². The zero-order chi connectivity index (χ0) is 24.1. The van der Waals surface area contributed by atoms with E-state index in [1.165, 1.54) is 12.3 Å². The van der Waals surface area contributed by atoms with Gasteiger partial charge in [-0.3, -0.25) is 4.98 Å². The first kappa shape index (κ1) is 25.3. The lowest BCUT2D eigenvalue weighted by Gasteiger charge is -2.37. The van der Waals surface area contributed by atoms with Crippen LogP contribution in [0.5, 0.6) is 0 Å². The average molecular weight is 463 g/mol. The van der Waals surface area contributed by atoms with Gasteiger partial charge in [0.05, 0.1) is 0 Å². The van der Waals surface area contributed by atoms with Gasteiger partial charge in [0.1, 0.15) is 11.6 Å². The molecule has 2 saturated carbocycles. The molecule has 1 aromatic carbocycles. The van der Waals surface area contributed by atoms with Crippen LogP contribution in [-0.4, -0.2) is 10.9 Å². The number of nitrogens with zero attached hydrogens (tertiary/aromatic N) is 1. The SMILES string of the molecule is C=CN.CCCC1(c2c(-c3cc(F)ccc3F)ccnc2C2CCC(F)(F)CC2)CCCC1. The molecule has 33 heavy (non-hydrogen) atoms. The zero-order valence-electron chi connectivity index (χ0n) is 19.4. The summed E-state index contributed by atoms with van der Waals surface area (Å²) in [5.74, 6) is -3.62. The Bertz CT molecular complexity index is 941. The quantitative estimate of drug-likeness (QED) is 0.457. The van der Waals surface area contributed by atoms with E-state index >= 15 is 0 Å². The molecule has 0 spiro atoms. The largest absolute Gasteiger partial charge is 0.405 e. The molecule has 6 heteroatoms. The van der Waals surface area contributed by atoms with E-state index in [1.807, 2.05) is 0 Å². The molecular formula is C27H34F4N2. The summed E-state index contributed by atoms with van der Waals surface area (Å²) < 4.78 is 56.5. The van der Waals surface area contributed by atoms with E-state index < -0.39 is 17.6 Å². The third-order valence-corrected chi connectivity index (χ3v) is 7.12. The fraction of sp³-hybridized carbons (Fsp3) is 0.519. The second-order valence-electron chi connectivity index (χ2n) is 9.35. The van der Waals surface area contributed by atoms with Crippen molar-refractivity contribution in [3.05, 3.63) is 66.1 Å². The summed E-state index contributed by atoms with van der Waals surface area (Å²) >= 11 is 0. The van der Waals surface area contributed by atoms with Crippen molar-refractivity contribution in [2.24, 2.45) is 5.73 Å². The standard InChI is InChI=1S/C25H29F4N.C2H5N/c1-2-10-24(11-3-4-12-24)22-19(20-16-18(26)5-6-21(20)27)9-15-30-23(22)17-7-13-25(28,29)14-8-17;1-2-3/h5-6,9,15-17H,2-4,7-8,10-14H2,1H3;2H,1,3H2. The van der Waals surface area contributed by atoms with Crippen LogP contribution in [0.3, 0.4) is 0 Å². The van der Waals surface area contributed by atoms with E-state index in [0.717, 1.165) is 61.9 Å². The molecule has 0 radical (unpaired) electrons. The van der Waals surface area contributed by atoms with Gasteiger partial charge in [0.2, 0.25) is 5.92 Å². The maximum atomic E-state index is 14.8. The molecule has 2 N–H and O–H groups in total. The lowest BCUT2D eigenvalue weighted by atomic mass is 9.69. The molecule has 1 aromatic heterocycles. The van der Waals surface area contributed by atoms with Gasteiger partial charge in [-0.2, -0.15) is 0 Å². The van der Waals surface area contributed by atoms with Gasteiger partial charge in [0.25, 0.3) is 0 Å². The first-order valence-corrected chi connectivity index (χ1v) is 11.9. The molecule has 0 unspecified atom stereocenters. The summed E-state index contributed by atoms with van der Waals surface area (Å²) in [4.78, 5) is 4.70. The number of hydrogen-bond acceptors (Lipinski definition) is 2. The molecule has 1 heterocycles. The summed E-state index contributed by atoms with van der Waals surface area (Å²) in [6.07, 6.45) is 9.41. The van der Waals surface area contributed by atoms with Crippen LogP contribution in [0.2, 0.25) is 0 Å². The fourth-order valence-electron chi connectivity index (χ4n) is 5.74. The highest BCUT2D eigenvalue weighted by Crippen LogP contribution is 2.52. The monoisotopic (exact) mass is 462 g/mol. The maximum Gasteiger partial charge on any atom is 0.248 e. The topological polar surface area (TPSA) is 38.9 Å². The van der Waals surface area contributed by atoms with E-state index in [0.29, 0.717) is 18.4 Å². The van der Waals surface area contributed by atoms with Crippen LogP contribution in [0.4, 0.5) is 17.6 Å². The van der Waals surface area contributed by atoms with E-state index in [2.05, 4.69) is 19.2 Å². The Balaban J connectivity index is 0.000000968. The van der Waals surface area contributed by atoms with Gasteiger partial charge < -0.3 is 5.73 Å². The summed E-state index contributed by atoms with van der Waals surface area (Å²) in [5, 5.41) is 0. The highest BCUT2D eigenvalue weighted by atomic mass is 19.3. The van der Waals surface area contributed by atoms with Crippen molar-refractivity contribution >= 4 is 0 Å². The summed E-state index contributed by atoms with van der Waals surface area (Å²) in [5.41, 5.74) is 7.22. The van der Waals surface area contributed by atoms with E-state index in [9.17, 15) is 17.6 Å². The lowest BCUT2D eigenvalue weighted by molar-refractivity contribution is -0.0386. The Kier molecular flexibility index (Phi) is 8.19. The van der Waals surface area contributed by atoms with Gasteiger partial charge in [-0.15, -0.1) is 0 Å². The third kappa shape index (κ3) is 5.59. The molecule has 2 aliphatic rings. The Morgan fingerprint density at radius 1 is 1.06 bits per heavy atom. The predicted molar refractivity (Wildman–Crippen MR) is 125 cm³/mol. The number of benzene rings is 1. The molecule has 0 saturated heterocycles. The van der Waals surface area contributed by atoms with Crippen molar-refractivity contribution in [2.75, 3.05) is 0 Å². The number of pyridine rings is 1. The molecule has 180 valence electrons. The zero-order valence-corrected chi connectivity index (χ0v) is 19.4. The van der Waals surface area contributed by atoms with Gasteiger partial charge in [-0.05, 0) is 79.1 Å². The minimum absolute atomic E-state index is 0.0643. The number of hydrogen-bond donors (Lipinski definition) is 1. The maximum absolute atomic E-state index is 14.8. The molecule has 0 bridgehead atoms. The Hall–Kier alpha value is -2.37. The van der Waals surface area contributed by atoms with Crippen LogP contribution in [0, 0.1) is 11.6 Å². The van der Waals surface area contributed by atoms with Crippen molar-refractivity contribution in [1.29, 1.82) is 0 Å². The highest BCUT2D eigenvalue weighted by Gasteiger charge is 2.42. The molecular weight excluding hydrogens is 428 g/mol. The number of nitrogens with two attached hydrogens (primary N) is 1. The van der Waals surface area contributed by atoms with Crippen molar-refractivity contribution in [3.63, 3.8) is 0 Å². The molecule has 0 amide bonds. The molecule has 2 aliphatic carbocycles. The van der Waals surface area contributed by atoms with Crippen molar-refractivity contribution in [3.8, 4) is 11.1 Å². The van der Waals surface area contributed by atoms with Gasteiger partial charge in [0.15, 0.2) is 0 Å². The summed E-state index contributed by atoms with van der Waals surface area (Å²) in [7, 11) is 0. The van der Waals surface area contributed by atoms with Crippen LogP contribution in [0.1, 0.15) is 88.3 Å². The lowest BCUT2D eigenvalue weighted by Crippen LogP contribution is -2.29. The Morgan fingerprint density at radius 2 is 1.70 bits per heavy atom. The second kappa shape index (κ2) is 10.7. The van der Waals surface area contributed by atoms with Gasteiger partial charge >= 0.3 is 0 Å². The first-order chi connectivity index (χ1) is 15.8. The molecule has 2 fully saturated rings. The molecule has 0 atom stereocenters. The van der Waals surface area contributed by atoms with Crippen molar-refractivity contribution < 1.29 is 17.6 Å². The number of rotatable bonds is 5. The highest BCUT2D eigenvalue weighted by molar-refractivity contribution is 5.71. The van der Waals surface area contributed by atoms with Gasteiger partial charge in [0, 0.05) is 36.2 Å². The van der Waals surface area contributed by atoms with E-state index in [4.69, 9.17) is 4.98 Å². The molecule has 4 rings (SSSR count).